The van der Waals surface area contributed by atoms with Crippen LogP contribution in [0.3, 0.4) is 0 Å². The summed E-state index contributed by atoms with van der Waals surface area (Å²) >= 11 is 0. The van der Waals surface area contributed by atoms with Crippen LogP contribution >= 0.6 is 0 Å². The summed E-state index contributed by atoms with van der Waals surface area (Å²) in [5.41, 5.74) is 9.12. The molecule has 1 aliphatic heterocycles. The van der Waals surface area contributed by atoms with Gasteiger partial charge in [0, 0.05) is 17.1 Å². The van der Waals surface area contributed by atoms with Gasteiger partial charge in [0.25, 0.3) is 0 Å². The Balaban J connectivity index is 1.83. The lowest BCUT2D eigenvalue weighted by atomic mass is 9.64. The number of carbonyl (C=O) groups is 1. The quantitative estimate of drug-likeness (QED) is 0.605. The van der Waals surface area contributed by atoms with E-state index in [0.29, 0.717) is 12.1 Å². The highest BCUT2D eigenvalue weighted by atomic mass is 16.3. The molecule has 3 rings (SSSR count). The molecule has 0 bridgehead atoms. The van der Waals surface area contributed by atoms with Gasteiger partial charge in [0.15, 0.2) is 0 Å². The van der Waals surface area contributed by atoms with Gasteiger partial charge in [-0.2, -0.15) is 0 Å². The van der Waals surface area contributed by atoms with Crippen LogP contribution in [-0.4, -0.2) is 23.2 Å². The fourth-order valence-corrected chi connectivity index (χ4v) is 2.75. The number of nitrogens with one attached hydrogen (secondary N) is 2. The molecular formula is C14H19N3O2. The Hall–Kier alpha value is -1.75. The minimum Gasteiger partial charge on any atom is -0.397 e. The number of aliphatic hydroxyl groups is 1. The molecule has 1 aromatic rings. The van der Waals surface area contributed by atoms with Gasteiger partial charge in [0.05, 0.1) is 23.9 Å². The average Bonchev–Trinajstić information content (AvgIpc) is 2.68. The number of nitrogen functional groups attached to an aromatic ring is 1. The molecule has 1 heterocycles. The first-order chi connectivity index (χ1) is 8.88. The third kappa shape index (κ3) is 1.85. The molecule has 1 amide bonds. The Bertz CT molecular complexity index is 554. The van der Waals surface area contributed by atoms with E-state index < -0.39 is 0 Å². The number of benzene rings is 1. The van der Waals surface area contributed by atoms with Crippen molar-refractivity contribution in [1.82, 2.24) is 0 Å². The van der Waals surface area contributed by atoms with Gasteiger partial charge in [-0.05, 0) is 24.1 Å². The van der Waals surface area contributed by atoms with Crippen molar-refractivity contribution in [3.63, 3.8) is 0 Å². The molecule has 0 spiro atoms. The first kappa shape index (κ1) is 12.3. The third-order valence-electron chi connectivity index (χ3n) is 4.45. The SMILES string of the molecule is CC1(C)C(O)CC1Nc1cc2c(cc1N)CC(=O)N2. The lowest BCUT2D eigenvalue weighted by Crippen LogP contribution is -2.56. The van der Waals surface area contributed by atoms with Crippen molar-refractivity contribution in [3.05, 3.63) is 17.7 Å². The van der Waals surface area contributed by atoms with Gasteiger partial charge < -0.3 is 21.5 Å². The number of aliphatic hydroxyl groups excluding tert-OH is 1. The summed E-state index contributed by atoms with van der Waals surface area (Å²) in [6.07, 6.45) is 0.837. The molecule has 5 nitrogen and oxygen atoms in total. The molecule has 5 N–H and O–H groups in total. The van der Waals surface area contributed by atoms with Gasteiger partial charge in [-0.25, -0.2) is 0 Å². The summed E-state index contributed by atoms with van der Waals surface area (Å²) < 4.78 is 0. The molecule has 0 radical (unpaired) electrons. The zero-order valence-corrected chi connectivity index (χ0v) is 11.2. The van der Waals surface area contributed by atoms with Crippen LogP contribution in [0.4, 0.5) is 17.1 Å². The third-order valence-corrected chi connectivity index (χ3v) is 4.45. The van der Waals surface area contributed by atoms with Crippen molar-refractivity contribution in [3.8, 4) is 0 Å². The fraction of sp³-hybridized carbons (Fsp3) is 0.500. The van der Waals surface area contributed by atoms with Gasteiger partial charge in [-0.3, -0.25) is 4.79 Å². The Morgan fingerprint density at radius 2 is 2.21 bits per heavy atom. The van der Waals surface area contributed by atoms with E-state index in [1.165, 1.54) is 0 Å². The second kappa shape index (κ2) is 3.87. The average molecular weight is 261 g/mol. The van der Waals surface area contributed by atoms with Crippen LogP contribution in [0.15, 0.2) is 12.1 Å². The molecule has 102 valence electrons. The number of nitrogens with two attached hydrogens (primary N) is 1. The highest BCUT2D eigenvalue weighted by Crippen LogP contribution is 2.43. The number of anilines is 3. The van der Waals surface area contributed by atoms with Crippen molar-refractivity contribution in [2.75, 3.05) is 16.4 Å². The second-order valence-electron chi connectivity index (χ2n) is 6.09. The van der Waals surface area contributed by atoms with Crippen molar-refractivity contribution >= 4 is 23.0 Å². The molecule has 1 aliphatic carbocycles. The molecule has 2 atom stereocenters. The molecule has 2 aliphatic rings. The van der Waals surface area contributed by atoms with E-state index in [2.05, 4.69) is 10.6 Å². The van der Waals surface area contributed by atoms with Crippen LogP contribution in [-0.2, 0) is 11.2 Å². The minimum absolute atomic E-state index is 0.00551. The van der Waals surface area contributed by atoms with Crippen LogP contribution in [0.1, 0.15) is 25.8 Å². The minimum atomic E-state index is -0.277. The predicted molar refractivity (Wildman–Crippen MR) is 75.0 cm³/mol. The van der Waals surface area contributed by atoms with Gasteiger partial charge in [-0.15, -0.1) is 0 Å². The second-order valence-corrected chi connectivity index (χ2v) is 6.09. The monoisotopic (exact) mass is 261 g/mol. The summed E-state index contributed by atoms with van der Waals surface area (Å²) in [5, 5.41) is 16.0. The maximum absolute atomic E-state index is 11.4. The Kier molecular flexibility index (Phi) is 2.50. The van der Waals surface area contributed by atoms with Crippen LogP contribution in [0.2, 0.25) is 0 Å². The lowest BCUT2D eigenvalue weighted by molar-refractivity contribution is -0.115. The maximum atomic E-state index is 11.4. The number of hydrogen-bond acceptors (Lipinski definition) is 4. The molecule has 1 saturated carbocycles. The van der Waals surface area contributed by atoms with Crippen molar-refractivity contribution < 1.29 is 9.90 Å². The van der Waals surface area contributed by atoms with E-state index in [1.807, 2.05) is 26.0 Å². The zero-order valence-electron chi connectivity index (χ0n) is 11.2. The summed E-state index contributed by atoms with van der Waals surface area (Å²) in [5.74, 6) is 0.00551. The van der Waals surface area contributed by atoms with E-state index in [4.69, 9.17) is 5.73 Å². The highest BCUT2D eigenvalue weighted by molar-refractivity contribution is 6.00. The summed E-state index contributed by atoms with van der Waals surface area (Å²) in [6, 6.07) is 3.92. The number of fused-ring (bicyclic) bond motifs is 1. The van der Waals surface area contributed by atoms with E-state index in [-0.39, 0.29) is 23.5 Å². The van der Waals surface area contributed by atoms with Crippen LogP contribution in [0.25, 0.3) is 0 Å². The van der Waals surface area contributed by atoms with Crippen molar-refractivity contribution in [2.24, 2.45) is 5.41 Å². The standard InChI is InChI=1S/C14H19N3O2/c1-14(2)11(6-12(14)18)16-10-5-9-7(3-8(10)15)4-13(19)17-9/h3,5,11-12,16,18H,4,6,15H2,1-2H3,(H,17,19). The number of carbonyl (C=O) groups excluding carboxylic acids is 1. The number of hydrogen-bond donors (Lipinski definition) is 4. The van der Waals surface area contributed by atoms with E-state index in [0.717, 1.165) is 23.4 Å². The largest absolute Gasteiger partial charge is 0.397 e. The molecular weight excluding hydrogens is 242 g/mol. The summed E-state index contributed by atoms with van der Waals surface area (Å²) in [4.78, 5) is 11.4. The maximum Gasteiger partial charge on any atom is 0.228 e. The summed E-state index contributed by atoms with van der Waals surface area (Å²) in [7, 11) is 0. The van der Waals surface area contributed by atoms with Crippen LogP contribution in [0.5, 0.6) is 0 Å². The molecule has 1 aromatic carbocycles. The molecule has 2 unspecified atom stereocenters. The molecule has 5 heteroatoms. The smallest absolute Gasteiger partial charge is 0.228 e. The topological polar surface area (TPSA) is 87.4 Å². The van der Waals surface area contributed by atoms with E-state index in [9.17, 15) is 9.90 Å². The zero-order chi connectivity index (χ0) is 13.8. The van der Waals surface area contributed by atoms with Crippen molar-refractivity contribution in [2.45, 2.75) is 38.8 Å². The molecule has 0 aromatic heterocycles. The highest BCUT2D eigenvalue weighted by Gasteiger charge is 2.47. The van der Waals surface area contributed by atoms with E-state index >= 15 is 0 Å². The molecule has 0 saturated heterocycles. The normalized spacial score (nSPS) is 27.4. The van der Waals surface area contributed by atoms with Gasteiger partial charge in [0.1, 0.15) is 0 Å². The summed E-state index contributed by atoms with van der Waals surface area (Å²) in [6.45, 7) is 4.06. The van der Waals surface area contributed by atoms with Crippen LogP contribution < -0.4 is 16.4 Å². The first-order valence-corrected chi connectivity index (χ1v) is 6.55. The van der Waals surface area contributed by atoms with Crippen molar-refractivity contribution in [1.29, 1.82) is 0 Å². The van der Waals surface area contributed by atoms with Gasteiger partial charge >= 0.3 is 0 Å². The van der Waals surface area contributed by atoms with Crippen LogP contribution in [0, 0.1) is 5.41 Å². The predicted octanol–water partition coefficient (Wildman–Crippen LogP) is 1.33. The number of amides is 1. The first-order valence-electron chi connectivity index (χ1n) is 6.55. The van der Waals surface area contributed by atoms with Gasteiger partial charge in [0.2, 0.25) is 5.91 Å². The Labute approximate surface area is 112 Å². The number of rotatable bonds is 2. The Morgan fingerprint density at radius 3 is 2.84 bits per heavy atom. The van der Waals surface area contributed by atoms with E-state index in [1.54, 1.807) is 0 Å². The Morgan fingerprint density at radius 1 is 1.47 bits per heavy atom. The molecule has 1 fully saturated rings. The molecule has 19 heavy (non-hydrogen) atoms. The fourth-order valence-electron chi connectivity index (χ4n) is 2.75. The lowest BCUT2D eigenvalue weighted by Gasteiger charge is -2.50. The van der Waals surface area contributed by atoms with Gasteiger partial charge in [-0.1, -0.05) is 13.8 Å².